The molecule has 0 bridgehead atoms. The first-order chi connectivity index (χ1) is 4.88. The van der Waals surface area contributed by atoms with E-state index in [2.05, 4.69) is 8.85 Å². The minimum absolute atomic E-state index is 0.568. The van der Waals surface area contributed by atoms with E-state index in [0.29, 0.717) is 0 Å². The van der Waals surface area contributed by atoms with Crippen LogP contribution in [0.3, 0.4) is 0 Å². The normalized spacial score (nSPS) is 33.0. The predicted octanol–water partition coefficient (Wildman–Crippen LogP) is -0.174. The molecule has 1 aliphatic carbocycles. The molecule has 2 rings (SSSR count). The van der Waals surface area contributed by atoms with E-state index in [-0.39, 0.29) is 0 Å². The van der Waals surface area contributed by atoms with E-state index in [1.807, 2.05) is 0 Å². The molecule has 60 valence electrons. The molecule has 1 heterocycles. The standard InChI is InChI=1S/C4H6O.C2H8O2Si/c1-2-4-3(1)5-4;1-3-5-4-2/h3-4H,1-2H2;5H2,1-2H3. The van der Waals surface area contributed by atoms with Gasteiger partial charge in [-0.2, -0.15) is 0 Å². The molecule has 0 amide bonds. The Labute approximate surface area is 63.7 Å². The van der Waals surface area contributed by atoms with E-state index in [1.54, 1.807) is 14.2 Å². The Morgan fingerprint density at radius 1 is 1.20 bits per heavy atom. The van der Waals surface area contributed by atoms with Crippen molar-refractivity contribution in [2.45, 2.75) is 25.0 Å². The van der Waals surface area contributed by atoms with Gasteiger partial charge in [-0.25, -0.2) is 0 Å². The van der Waals surface area contributed by atoms with Gasteiger partial charge in [-0.15, -0.1) is 0 Å². The van der Waals surface area contributed by atoms with E-state index in [1.165, 1.54) is 12.8 Å². The largest absolute Gasteiger partial charge is 0.402 e. The first-order valence-corrected chi connectivity index (χ1v) is 4.67. The van der Waals surface area contributed by atoms with E-state index in [4.69, 9.17) is 4.74 Å². The molecular weight excluding hydrogens is 148 g/mol. The average molecular weight is 162 g/mol. The molecule has 0 N–H and O–H groups in total. The Hall–Kier alpha value is 0.0969. The molecule has 2 unspecified atom stereocenters. The van der Waals surface area contributed by atoms with Gasteiger partial charge in [0.05, 0.1) is 12.2 Å². The quantitative estimate of drug-likeness (QED) is 0.417. The van der Waals surface area contributed by atoms with Crippen molar-refractivity contribution in [2.75, 3.05) is 14.2 Å². The summed E-state index contributed by atoms with van der Waals surface area (Å²) in [5.74, 6) is 0. The molecule has 1 aliphatic heterocycles. The van der Waals surface area contributed by atoms with Crippen LogP contribution in [0.2, 0.25) is 0 Å². The number of fused-ring (bicyclic) bond motifs is 1. The van der Waals surface area contributed by atoms with Crippen molar-refractivity contribution in [3.8, 4) is 0 Å². The summed E-state index contributed by atoms with van der Waals surface area (Å²) < 4.78 is 14.2. The topological polar surface area (TPSA) is 31.0 Å². The molecule has 2 atom stereocenters. The first-order valence-electron chi connectivity index (χ1n) is 3.52. The third-order valence-electron chi connectivity index (χ3n) is 1.66. The summed E-state index contributed by atoms with van der Waals surface area (Å²) in [6.45, 7) is 0. The summed E-state index contributed by atoms with van der Waals surface area (Å²) in [6, 6.07) is 0. The van der Waals surface area contributed by atoms with Crippen molar-refractivity contribution in [3.63, 3.8) is 0 Å². The fourth-order valence-corrected chi connectivity index (χ4v) is 1.11. The summed E-state index contributed by atoms with van der Waals surface area (Å²) in [6.07, 6.45) is 4.14. The van der Waals surface area contributed by atoms with Gasteiger partial charge < -0.3 is 13.6 Å². The highest BCUT2D eigenvalue weighted by Gasteiger charge is 2.46. The molecule has 0 aromatic heterocycles. The molecule has 0 spiro atoms. The Kier molecular flexibility index (Phi) is 3.34. The number of ether oxygens (including phenoxy) is 1. The van der Waals surface area contributed by atoms with E-state index < -0.39 is 10.0 Å². The van der Waals surface area contributed by atoms with E-state index in [9.17, 15) is 0 Å². The van der Waals surface area contributed by atoms with Crippen LogP contribution in [-0.4, -0.2) is 36.4 Å². The van der Waals surface area contributed by atoms with Crippen LogP contribution in [0.4, 0.5) is 0 Å². The van der Waals surface area contributed by atoms with Crippen molar-refractivity contribution >= 4 is 10.0 Å². The summed E-state index contributed by atoms with van der Waals surface area (Å²) in [5.41, 5.74) is 0. The first kappa shape index (κ1) is 8.20. The van der Waals surface area contributed by atoms with Crippen LogP contribution in [0, 0.1) is 0 Å². The summed E-state index contributed by atoms with van der Waals surface area (Å²) in [4.78, 5) is 0. The molecular formula is C6H14O3Si. The number of hydrogen-bond acceptors (Lipinski definition) is 3. The maximum absolute atomic E-state index is 5.03. The fourth-order valence-electron chi connectivity index (χ4n) is 0.872. The zero-order valence-electron chi connectivity index (χ0n) is 6.50. The molecule has 3 nitrogen and oxygen atoms in total. The van der Waals surface area contributed by atoms with Crippen molar-refractivity contribution in [3.05, 3.63) is 0 Å². The second kappa shape index (κ2) is 4.08. The van der Waals surface area contributed by atoms with Crippen LogP contribution in [0.1, 0.15) is 12.8 Å². The molecule has 1 saturated heterocycles. The minimum Gasteiger partial charge on any atom is -0.402 e. The second-order valence-electron chi connectivity index (χ2n) is 2.49. The molecule has 1 saturated carbocycles. The SMILES string of the molecule is C1CC2OC12.CO[SiH2]OC. The molecule has 0 radical (unpaired) electrons. The summed E-state index contributed by atoms with van der Waals surface area (Å²) >= 11 is 0. The van der Waals surface area contributed by atoms with E-state index in [0.717, 1.165) is 12.2 Å². The Balaban J connectivity index is 0.0000001000. The molecule has 2 fully saturated rings. The fraction of sp³-hybridized carbons (Fsp3) is 1.00. The van der Waals surface area contributed by atoms with Gasteiger partial charge in [-0.3, -0.25) is 0 Å². The highest BCUT2D eigenvalue weighted by Crippen LogP contribution is 2.40. The third kappa shape index (κ3) is 2.38. The van der Waals surface area contributed by atoms with Crippen LogP contribution in [0.5, 0.6) is 0 Å². The monoisotopic (exact) mass is 162 g/mol. The molecule has 10 heavy (non-hydrogen) atoms. The zero-order chi connectivity index (χ0) is 7.40. The minimum atomic E-state index is -0.568. The highest BCUT2D eigenvalue weighted by molar-refractivity contribution is 6.17. The Bertz CT molecular complexity index is 85.0. The number of rotatable bonds is 2. The van der Waals surface area contributed by atoms with Crippen LogP contribution in [-0.2, 0) is 13.6 Å². The maximum atomic E-state index is 5.03. The highest BCUT2D eigenvalue weighted by atomic mass is 28.3. The van der Waals surface area contributed by atoms with Gasteiger partial charge in [0.2, 0.25) is 0 Å². The molecule has 0 aromatic rings. The van der Waals surface area contributed by atoms with Crippen LogP contribution < -0.4 is 0 Å². The van der Waals surface area contributed by atoms with E-state index >= 15 is 0 Å². The van der Waals surface area contributed by atoms with Gasteiger partial charge in [-0.1, -0.05) is 0 Å². The maximum Gasteiger partial charge on any atom is 0.303 e. The third-order valence-corrected chi connectivity index (χ3v) is 2.13. The van der Waals surface area contributed by atoms with Crippen LogP contribution >= 0.6 is 0 Å². The van der Waals surface area contributed by atoms with Crippen molar-refractivity contribution in [1.29, 1.82) is 0 Å². The average Bonchev–Trinajstić information content (AvgIpc) is 2.43. The predicted molar refractivity (Wildman–Crippen MR) is 40.5 cm³/mol. The molecule has 0 aromatic carbocycles. The lowest BCUT2D eigenvalue weighted by molar-refractivity contribution is 0.309. The van der Waals surface area contributed by atoms with Crippen molar-refractivity contribution < 1.29 is 13.6 Å². The van der Waals surface area contributed by atoms with Gasteiger partial charge in [-0.05, 0) is 12.8 Å². The van der Waals surface area contributed by atoms with Gasteiger partial charge in [0.15, 0.2) is 0 Å². The summed E-state index contributed by atoms with van der Waals surface area (Å²) in [7, 11) is 2.73. The Morgan fingerprint density at radius 3 is 1.70 bits per heavy atom. The smallest absolute Gasteiger partial charge is 0.303 e. The molecule has 4 heteroatoms. The van der Waals surface area contributed by atoms with Gasteiger partial charge in [0.1, 0.15) is 0 Å². The molecule has 2 aliphatic rings. The van der Waals surface area contributed by atoms with Gasteiger partial charge >= 0.3 is 10.0 Å². The summed E-state index contributed by atoms with van der Waals surface area (Å²) in [5, 5.41) is 0. The second-order valence-corrected chi connectivity index (χ2v) is 3.88. The van der Waals surface area contributed by atoms with Crippen LogP contribution in [0.25, 0.3) is 0 Å². The number of hydrogen-bond donors (Lipinski definition) is 0. The van der Waals surface area contributed by atoms with Crippen molar-refractivity contribution in [2.24, 2.45) is 0 Å². The van der Waals surface area contributed by atoms with Gasteiger partial charge in [0, 0.05) is 14.2 Å². The Morgan fingerprint density at radius 2 is 1.70 bits per heavy atom. The van der Waals surface area contributed by atoms with Crippen molar-refractivity contribution in [1.82, 2.24) is 0 Å². The zero-order valence-corrected chi connectivity index (χ0v) is 7.91. The lowest BCUT2D eigenvalue weighted by atomic mass is 10.0. The van der Waals surface area contributed by atoms with Gasteiger partial charge in [0.25, 0.3) is 0 Å². The number of epoxide rings is 1. The lowest BCUT2D eigenvalue weighted by Crippen LogP contribution is -2.04. The lowest BCUT2D eigenvalue weighted by Gasteiger charge is -1.97. The van der Waals surface area contributed by atoms with Crippen LogP contribution in [0.15, 0.2) is 0 Å².